The lowest BCUT2D eigenvalue weighted by Gasteiger charge is -2.35. The number of hydrogen-bond donors (Lipinski definition) is 0. The van der Waals surface area contributed by atoms with E-state index in [4.69, 9.17) is 4.42 Å². The summed E-state index contributed by atoms with van der Waals surface area (Å²) in [7, 11) is 0. The van der Waals surface area contributed by atoms with Crippen molar-refractivity contribution in [1.82, 2.24) is 10.2 Å². The van der Waals surface area contributed by atoms with Gasteiger partial charge in [0.05, 0.1) is 0 Å². The Bertz CT molecular complexity index is 560. The molecule has 0 amide bonds. The van der Waals surface area contributed by atoms with E-state index in [1.54, 1.807) is 0 Å². The van der Waals surface area contributed by atoms with Gasteiger partial charge in [0.15, 0.2) is 0 Å². The van der Waals surface area contributed by atoms with E-state index >= 15 is 0 Å². The van der Waals surface area contributed by atoms with Gasteiger partial charge in [-0.1, -0.05) is 64.2 Å². The van der Waals surface area contributed by atoms with E-state index in [1.165, 1.54) is 116 Å². The van der Waals surface area contributed by atoms with Crippen LogP contribution in [-0.4, -0.2) is 10.2 Å². The van der Waals surface area contributed by atoms with Crippen molar-refractivity contribution in [3.8, 4) is 0 Å². The second kappa shape index (κ2) is 9.52. The van der Waals surface area contributed by atoms with Crippen molar-refractivity contribution in [2.75, 3.05) is 0 Å². The highest BCUT2D eigenvalue weighted by Gasteiger charge is 2.34. The minimum absolute atomic E-state index is 0.537. The van der Waals surface area contributed by atoms with Gasteiger partial charge in [0.25, 0.3) is 0 Å². The Hall–Kier alpha value is -0.860. The molecule has 29 heavy (non-hydrogen) atoms. The van der Waals surface area contributed by atoms with Gasteiger partial charge in [0, 0.05) is 11.8 Å². The Morgan fingerprint density at radius 3 is 1.14 bits per heavy atom. The van der Waals surface area contributed by atoms with Crippen LogP contribution in [0, 0.1) is 23.7 Å². The first-order valence-corrected chi connectivity index (χ1v) is 13.2. The van der Waals surface area contributed by atoms with Crippen LogP contribution in [0.3, 0.4) is 0 Å². The number of aromatic nitrogens is 2. The van der Waals surface area contributed by atoms with Crippen LogP contribution in [0.1, 0.15) is 139 Å². The molecule has 0 bridgehead atoms. The number of nitrogens with zero attached hydrogens (tertiary/aromatic N) is 2. The Labute approximate surface area is 177 Å². The summed E-state index contributed by atoms with van der Waals surface area (Å²) in [5.41, 5.74) is 0. The molecule has 0 unspecified atom stereocenters. The first kappa shape index (κ1) is 20.1. The van der Waals surface area contributed by atoms with Crippen LogP contribution < -0.4 is 0 Å². The highest BCUT2D eigenvalue weighted by atomic mass is 16.4. The van der Waals surface area contributed by atoms with Gasteiger partial charge in [-0.3, -0.25) is 0 Å². The molecule has 0 aromatic carbocycles. The lowest BCUT2D eigenvalue weighted by molar-refractivity contribution is 0.170. The smallest absolute Gasteiger partial charge is 0.219 e. The van der Waals surface area contributed by atoms with Gasteiger partial charge in [-0.2, -0.15) is 0 Å². The van der Waals surface area contributed by atoms with E-state index in [2.05, 4.69) is 10.2 Å². The fourth-order valence-electron chi connectivity index (χ4n) is 7.46. The molecule has 0 spiro atoms. The Morgan fingerprint density at radius 2 is 0.759 bits per heavy atom. The molecule has 5 rings (SSSR count). The summed E-state index contributed by atoms with van der Waals surface area (Å²) in [6.45, 7) is 0. The highest BCUT2D eigenvalue weighted by molar-refractivity contribution is 5.00. The monoisotopic (exact) mass is 398 g/mol. The molecule has 0 atom stereocenters. The van der Waals surface area contributed by atoms with Crippen LogP contribution in [-0.2, 0) is 0 Å². The lowest BCUT2D eigenvalue weighted by Crippen LogP contribution is -2.23. The molecule has 1 heterocycles. The third kappa shape index (κ3) is 4.74. The topological polar surface area (TPSA) is 38.9 Å². The fourth-order valence-corrected chi connectivity index (χ4v) is 7.46. The fraction of sp³-hybridized carbons (Fsp3) is 0.923. The van der Waals surface area contributed by atoms with Crippen molar-refractivity contribution in [2.24, 2.45) is 23.7 Å². The third-order valence-electron chi connectivity index (χ3n) is 9.33. The summed E-state index contributed by atoms with van der Waals surface area (Å²) >= 11 is 0. The molecule has 162 valence electrons. The average Bonchev–Trinajstić information content (AvgIpc) is 3.31. The molecule has 0 saturated heterocycles. The van der Waals surface area contributed by atoms with Gasteiger partial charge in [0.2, 0.25) is 11.8 Å². The molecule has 4 fully saturated rings. The van der Waals surface area contributed by atoms with Crippen molar-refractivity contribution in [1.29, 1.82) is 0 Å². The van der Waals surface area contributed by atoms with Crippen LogP contribution in [0.15, 0.2) is 4.42 Å². The van der Waals surface area contributed by atoms with Gasteiger partial charge in [-0.15, -0.1) is 10.2 Å². The van der Waals surface area contributed by atoms with E-state index in [0.29, 0.717) is 11.8 Å². The predicted molar refractivity (Wildman–Crippen MR) is 117 cm³/mol. The Kier molecular flexibility index (Phi) is 6.59. The quantitative estimate of drug-likeness (QED) is 0.520. The van der Waals surface area contributed by atoms with Crippen LogP contribution in [0.25, 0.3) is 0 Å². The van der Waals surface area contributed by atoms with Crippen molar-refractivity contribution in [3.63, 3.8) is 0 Å². The molecular formula is C26H42N2O. The summed E-state index contributed by atoms with van der Waals surface area (Å²) in [6.07, 6.45) is 25.4. The van der Waals surface area contributed by atoms with Crippen molar-refractivity contribution in [2.45, 2.75) is 127 Å². The molecule has 0 radical (unpaired) electrons. The van der Waals surface area contributed by atoms with Crippen LogP contribution in [0.5, 0.6) is 0 Å². The number of rotatable bonds is 4. The van der Waals surface area contributed by atoms with E-state index < -0.39 is 0 Å². The maximum atomic E-state index is 6.30. The minimum Gasteiger partial charge on any atom is -0.425 e. The molecule has 3 nitrogen and oxygen atoms in total. The molecule has 4 aliphatic rings. The summed E-state index contributed by atoms with van der Waals surface area (Å²) in [6, 6.07) is 0. The number of hydrogen-bond acceptors (Lipinski definition) is 3. The van der Waals surface area contributed by atoms with Crippen molar-refractivity contribution >= 4 is 0 Å². The van der Waals surface area contributed by atoms with Gasteiger partial charge in [0.1, 0.15) is 0 Å². The normalized spacial score (nSPS) is 35.6. The summed E-state index contributed by atoms with van der Waals surface area (Å²) in [5, 5.41) is 9.09. The van der Waals surface area contributed by atoms with E-state index in [9.17, 15) is 0 Å². The first-order valence-electron chi connectivity index (χ1n) is 13.2. The van der Waals surface area contributed by atoms with Gasteiger partial charge < -0.3 is 4.42 Å². The molecule has 0 N–H and O–H groups in total. The summed E-state index contributed by atoms with van der Waals surface area (Å²) in [4.78, 5) is 0. The van der Waals surface area contributed by atoms with Crippen LogP contribution >= 0.6 is 0 Å². The van der Waals surface area contributed by atoms with Crippen molar-refractivity contribution in [3.05, 3.63) is 11.8 Å². The zero-order chi connectivity index (χ0) is 19.5. The molecule has 4 saturated carbocycles. The molecule has 4 aliphatic carbocycles. The SMILES string of the molecule is C1CCC(C2CCC(c3nnc(C4CCC(C5CCCCC5)CC4)o3)CC2)CC1. The zero-order valence-corrected chi connectivity index (χ0v) is 18.5. The standard InChI is InChI=1S/C26H42N2O/c1-3-7-19(8-4-1)21-11-15-23(16-12-21)25-27-28-26(29-25)24-17-13-22(14-18-24)20-9-5-2-6-10-20/h19-24H,1-18H2. The van der Waals surface area contributed by atoms with Crippen LogP contribution in [0.2, 0.25) is 0 Å². The van der Waals surface area contributed by atoms with Gasteiger partial charge in [-0.05, 0) is 75.0 Å². The Balaban J connectivity index is 1.11. The maximum Gasteiger partial charge on any atom is 0.219 e. The molecular weight excluding hydrogens is 356 g/mol. The van der Waals surface area contributed by atoms with Gasteiger partial charge in [-0.25, -0.2) is 0 Å². The zero-order valence-electron chi connectivity index (χ0n) is 18.5. The predicted octanol–water partition coefficient (Wildman–Crippen LogP) is 7.78. The molecule has 1 aromatic heterocycles. The largest absolute Gasteiger partial charge is 0.425 e. The molecule has 1 aromatic rings. The van der Waals surface area contributed by atoms with Crippen LogP contribution in [0.4, 0.5) is 0 Å². The maximum absolute atomic E-state index is 6.30. The van der Waals surface area contributed by atoms with E-state index in [-0.39, 0.29) is 0 Å². The second-order valence-electron chi connectivity index (χ2n) is 11.0. The third-order valence-corrected chi connectivity index (χ3v) is 9.33. The second-order valence-corrected chi connectivity index (χ2v) is 11.0. The van der Waals surface area contributed by atoms with Gasteiger partial charge >= 0.3 is 0 Å². The van der Waals surface area contributed by atoms with E-state index in [0.717, 1.165) is 35.5 Å². The lowest BCUT2D eigenvalue weighted by atomic mass is 9.71. The first-order chi connectivity index (χ1) is 14.4. The summed E-state index contributed by atoms with van der Waals surface area (Å²) < 4.78 is 6.30. The summed E-state index contributed by atoms with van der Waals surface area (Å²) in [5.74, 6) is 7.00. The average molecular weight is 399 g/mol. The van der Waals surface area contributed by atoms with Crippen molar-refractivity contribution < 1.29 is 4.42 Å². The minimum atomic E-state index is 0.537. The Morgan fingerprint density at radius 1 is 0.414 bits per heavy atom. The van der Waals surface area contributed by atoms with E-state index in [1.807, 2.05) is 0 Å². The molecule has 3 heteroatoms. The highest BCUT2D eigenvalue weighted by Crippen LogP contribution is 2.45. The molecule has 0 aliphatic heterocycles.